The summed E-state index contributed by atoms with van der Waals surface area (Å²) in [7, 11) is 0. The predicted octanol–water partition coefficient (Wildman–Crippen LogP) is 2.04. The van der Waals surface area contributed by atoms with Crippen molar-refractivity contribution in [1.82, 2.24) is 4.98 Å². The largest absolute Gasteiger partial charge is 0.370 e. The zero-order chi connectivity index (χ0) is 11.4. The summed E-state index contributed by atoms with van der Waals surface area (Å²) < 4.78 is 0. The monoisotopic (exact) mass is 214 g/mol. The van der Waals surface area contributed by atoms with Crippen LogP contribution >= 0.6 is 0 Å². The minimum Gasteiger partial charge on any atom is -0.370 e. The van der Waals surface area contributed by atoms with Gasteiger partial charge in [0.05, 0.1) is 5.52 Å². The Morgan fingerprint density at radius 1 is 1.31 bits per heavy atom. The minimum atomic E-state index is -0.242. The Labute approximate surface area is 94.3 Å². The molecule has 0 atom stereocenters. The fourth-order valence-electron chi connectivity index (χ4n) is 1.72. The number of carbonyl (C=O) groups excluding carboxylic acids is 1. The first-order valence-electron chi connectivity index (χ1n) is 5.38. The van der Waals surface area contributed by atoms with Crippen LogP contribution in [0.15, 0.2) is 36.5 Å². The molecule has 2 rings (SSSR count). The molecular formula is C13H14N2O. The van der Waals surface area contributed by atoms with E-state index in [0.717, 1.165) is 29.3 Å². The van der Waals surface area contributed by atoms with Gasteiger partial charge in [-0.1, -0.05) is 18.2 Å². The summed E-state index contributed by atoms with van der Waals surface area (Å²) in [6.07, 6.45) is 3.94. The zero-order valence-corrected chi connectivity index (χ0v) is 9.02. The molecule has 0 bridgehead atoms. The summed E-state index contributed by atoms with van der Waals surface area (Å²) in [6, 6.07) is 10.1. The quantitative estimate of drug-likeness (QED) is 0.846. The first kappa shape index (κ1) is 10.6. The number of aromatic nitrogens is 1. The average Bonchev–Trinajstić information content (AvgIpc) is 2.28. The molecule has 1 amide bonds. The molecule has 0 unspecified atom stereocenters. The van der Waals surface area contributed by atoms with E-state index in [4.69, 9.17) is 5.73 Å². The van der Waals surface area contributed by atoms with E-state index in [-0.39, 0.29) is 5.91 Å². The van der Waals surface area contributed by atoms with Crippen LogP contribution in [0.2, 0.25) is 0 Å². The Hall–Kier alpha value is -1.90. The van der Waals surface area contributed by atoms with Gasteiger partial charge >= 0.3 is 0 Å². The summed E-state index contributed by atoms with van der Waals surface area (Å²) in [6.45, 7) is 0. The minimum absolute atomic E-state index is 0.242. The maximum atomic E-state index is 10.6. The molecule has 3 nitrogen and oxygen atoms in total. The highest BCUT2D eigenvalue weighted by Crippen LogP contribution is 2.14. The van der Waals surface area contributed by atoms with E-state index in [9.17, 15) is 4.79 Å². The third-order valence-corrected chi connectivity index (χ3v) is 2.54. The Bertz CT molecular complexity index is 508. The van der Waals surface area contributed by atoms with Crippen LogP contribution in [-0.4, -0.2) is 10.9 Å². The zero-order valence-electron chi connectivity index (χ0n) is 9.02. The van der Waals surface area contributed by atoms with Gasteiger partial charge in [0.1, 0.15) is 0 Å². The van der Waals surface area contributed by atoms with Gasteiger partial charge in [0.15, 0.2) is 0 Å². The Morgan fingerprint density at radius 3 is 2.94 bits per heavy atom. The second kappa shape index (κ2) is 4.75. The smallest absolute Gasteiger partial charge is 0.217 e. The van der Waals surface area contributed by atoms with Crippen LogP contribution in [0.25, 0.3) is 10.9 Å². The number of amides is 1. The van der Waals surface area contributed by atoms with Crippen LogP contribution < -0.4 is 5.73 Å². The van der Waals surface area contributed by atoms with Crippen molar-refractivity contribution in [3.63, 3.8) is 0 Å². The van der Waals surface area contributed by atoms with E-state index in [1.54, 1.807) is 0 Å². The van der Waals surface area contributed by atoms with Gasteiger partial charge in [0.25, 0.3) is 0 Å². The van der Waals surface area contributed by atoms with Gasteiger partial charge in [-0.2, -0.15) is 0 Å². The molecular weight excluding hydrogens is 200 g/mol. The molecule has 0 aliphatic carbocycles. The van der Waals surface area contributed by atoms with Gasteiger partial charge in [-0.3, -0.25) is 9.78 Å². The van der Waals surface area contributed by atoms with Crippen molar-refractivity contribution in [3.05, 3.63) is 42.1 Å². The fraction of sp³-hybridized carbons (Fsp3) is 0.231. The first-order chi connectivity index (χ1) is 7.75. The highest BCUT2D eigenvalue weighted by Gasteiger charge is 1.99. The number of para-hydroxylation sites is 1. The Kier molecular flexibility index (Phi) is 3.15. The molecule has 0 saturated carbocycles. The number of primary amides is 1. The molecule has 1 aromatic heterocycles. The van der Waals surface area contributed by atoms with Gasteiger partial charge in [-0.25, -0.2) is 0 Å². The summed E-state index contributed by atoms with van der Waals surface area (Å²) in [5.74, 6) is -0.242. The second-order valence-corrected chi connectivity index (χ2v) is 3.86. The SMILES string of the molecule is NC(=O)CCCc1cnc2ccccc2c1. The number of rotatable bonds is 4. The third-order valence-electron chi connectivity index (χ3n) is 2.54. The molecule has 0 spiro atoms. The van der Waals surface area contributed by atoms with Crippen LogP contribution in [0.5, 0.6) is 0 Å². The summed E-state index contributed by atoms with van der Waals surface area (Å²) in [4.78, 5) is 15.0. The van der Waals surface area contributed by atoms with E-state index in [1.165, 1.54) is 0 Å². The molecule has 2 N–H and O–H groups in total. The van der Waals surface area contributed by atoms with Crippen LogP contribution in [0, 0.1) is 0 Å². The number of pyridine rings is 1. The number of hydrogen-bond donors (Lipinski definition) is 1. The summed E-state index contributed by atoms with van der Waals surface area (Å²) in [5.41, 5.74) is 7.25. The molecule has 0 aliphatic rings. The highest BCUT2D eigenvalue weighted by molar-refractivity contribution is 5.78. The molecule has 0 saturated heterocycles. The fourth-order valence-corrected chi connectivity index (χ4v) is 1.72. The predicted molar refractivity (Wildman–Crippen MR) is 63.9 cm³/mol. The van der Waals surface area contributed by atoms with E-state index in [1.807, 2.05) is 30.5 Å². The van der Waals surface area contributed by atoms with Crippen molar-refractivity contribution in [1.29, 1.82) is 0 Å². The number of fused-ring (bicyclic) bond motifs is 1. The lowest BCUT2D eigenvalue weighted by Crippen LogP contribution is -2.10. The van der Waals surface area contributed by atoms with Crippen LogP contribution in [0.1, 0.15) is 18.4 Å². The molecule has 1 heterocycles. The molecule has 16 heavy (non-hydrogen) atoms. The van der Waals surface area contributed by atoms with Crippen molar-refractivity contribution in [2.45, 2.75) is 19.3 Å². The lowest BCUT2D eigenvalue weighted by atomic mass is 10.1. The molecule has 3 heteroatoms. The van der Waals surface area contributed by atoms with Crippen molar-refractivity contribution < 1.29 is 4.79 Å². The average molecular weight is 214 g/mol. The third kappa shape index (κ3) is 2.57. The van der Waals surface area contributed by atoms with Crippen molar-refractivity contribution in [2.24, 2.45) is 5.73 Å². The number of aryl methyl sites for hydroxylation is 1. The molecule has 2 aromatic rings. The van der Waals surface area contributed by atoms with E-state index in [2.05, 4.69) is 11.1 Å². The molecule has 0 fully saturated rings. The molecule has 0 radical (unpaired) electrons. The van der Waals surface area contributed by atoms with Crippen molar-refractivity contribution in [3.8, 4) is 0 Å². The van der Waals surface area contributed by atoms with Gasteiger partial charge < -0.3 is 5.73 Å². The number of hydrogen-bond acceptors (Lipinski definition) is 2. The van der Waals surface area contributed by atoms with Crippen LogP contribution in [-0.2, 0) is 11.2 Å². The standard InChI is InChI=1S/C13H14N2O/c14-13(16)7-3-4-10-8-11-5-1-2-6-12(11)15-9-10/h1-2,5-6,8-9H,3-4,7H2,(H2,14,16). The summed E-state index contributed by atoms with van der Waals surface area (Å²) >= 11 is 0. The van der Waals surface area contributed by atoms with E-state index < -0.39 is 0 Å². The topological polar surface area (TPSA) is 56.0 Å². The number of benzene rings is 1. The number of nitrogens with zero attached hydrogens (tertiary/aromatic N) is 1. The summed E-state index contributed by atoms with van der Waals surface area (Å²) in [5, 5.41) is 1.14. The Balaban J connectivity index is 2.10. The number of nitrogens with two attached hydrogens (primary N) is 1. The Morgan fingerprint density at radius 2 is 2.12 bits per heavy atom. The highest BCUT2D eigenvalue weighted by atomic mass is 16.1. The molecule has 1 aromatic carbocycles. The van der Waals surface area contributed by atoms with Crippen molar-refractivity contribution in [2.75, 3.05) is 0 Å². The van der Waals surface area contributed by atoms with Crippen molar-refractivity contribution >= 4 is 16.8 Å². The number of carbonyl (C=O) groups is 1. The lowest BCUT2D eigenvalue weighted by Gasteiger charge is -2.02. The van der Waals surface area contributed by atoms with Gasteiger partial charge in [-0.15, -0.1) is 0 Å². The maximum Gasteiger partial charge on any atom is 0.217 e. The normalized spacial score (nSPS) is 10.5. The molecule has 0 aliphatic heterocycles. The van der Waals surface area contributed by atoms with Crippen LogP contribution in [0.3, 0.4) is 0 Å². The van der Waals surface area contributed by atoms with Gasteiger partial charge in [-0.05, 0) is 30.5 Å². The maximum absolute atomic E-state index is 10.6. The molecule has 82 valence electrons. The van der Waals surface area contributed by atoms with E-state index in [0.29, 0.717) is 6.42 Å². The van der Waals surface area contributed by atoms with Crippen LogP contribution in [0.4, 0.5) is 0 Å². The van der Waals surface area contributed by atoms with E-state index >= 15 is 0 Å². The van der Waals surface area contributed by atoms with Gasteiger partial charge in [0, 0.05) is 18.0 Å². The lowest BCUT2D eigenvalue weighted by molar-refractivity contribution is -0.118. The second-order valence-electron chi connectivity index (χ2n) is 3.86. The first-order valence-corrected chi connectivity index (χ1v) is 5.38. The van der Waals surface area contributed by atoms with Gasteiger partial charge in [0.2, 0.25) is 5.91 Å².